The summed E-state index contributed by atoms with van der Waals surface area (Å²) in [5.74, 6) is 1.32. The predicted octanol–water partition coefficient (Wildman–Crippen LogP) is 3.36. The van der Waals surface area contributed by atoms with E-state index in [0.717, 1.165) is 12.0 Å². The summed E-state index contributed by atoms with van der Waals surface area (Å²) in [4.78, 5) is 14.6. The highest BCUT2D eigenvalue weighted by Crippen LogP contribution is 2.30. The van der Waals surface area contributed by atoms with Crippen molar-refractivity contribution in [1.82, 2.24) is 10.2 Å². The topological polar surface area (TPSA) is 50.8 Å². The molecule has 132 valence electrons. The number of para-hydroxylation sites is 1. The Morgan fingerprint density at radius 2 is 1.88 bits per heavy atom. The Morgan fingerprint density at radius 1 is 1.12 bits per heavy atom. The van der Waals surface area contributed by atoms with Crippen molar-refractivity contribution in [1.29, 1.82) is 0 Å². The maximum Gasteiger partial charge on any atom is 0.318 e. The van der Waals surface area contributed by atoms with Crippen LogP contribution in [0.15, 0.2) is 42.5 Å². The van der Waals surface area contributed by atoms with Gasteiger partial charge in [-0.05, 0) is 30.5 Å². The van der Waals surface area contributed by atoms with Crippen molar-refractivity contribution < 1.29 is 14.3 Å². The Bertz CT molecular complexity index is 760. The largest absolute Gasteiger partial charge is 0.493 e. The molecule has 5 heteroatoms. The fourth-order valence-electron chi connectivity index (χ4n) is 3.32. The molecule has 0 aliphatic carbocycles. The van der Waals surface area contributed by atoms with Crippen molar-refractivity contribution >= 4 is 6.03 Å². The second-order valence-corrected chi connectivity index (χ2v) is 6.26. The first-order valence-electron chi connectivity index (χ1n) is 8.45. The summed E-state index contributed by atoms with van der Waals surface area (Å²) in [5.41, 5.74) is 3.43. The average Bonchev–Trinajstić information content (AvgIpc) is 2.64. The molecule has 1 heterocycles. The third-order valence-electron chi connectivity index (χ3n) is 4.68. The van der Waals surface area contributed by atoms with E-state index in [1.807, 2.05) is 29.2 Å². The van der Waals surface area contributed by atoms with Gasteiger partial charge in [0.2, 0.25) is 0 Å². The normalized spacial score (nSPS) is 16.1. The molecule has 25 heavy (non-hydrogen) atoms. The lowest BCUT2D eigenvalue weighted by Crippen LogP contribution is -2.47. The van der Waals surface area contributed by atoms with E-state index in [1.165, 1.54) is 11.1 Å². The summed E-state index contributed by atoms with van der Waals surface area (Å²) in [6, 6.07) is 14.1. The van der Waals surface area contributed by atoms with Crippen LogP contribution in [0.5, 0.6) is 11.5 Å². The zero-order chi connectivity index (χ0) is 17.8. The van der Waals surface area contributed by atoms with Gasteiger partial charge in [-0.2, -0.15) is 0 Å². The lowest BCUT2D eigenvalue weighted by molar-refractivity contribution is 0.168. The lowest BCUT2D eigenvalue weighted by atomic mass is 9.95. The Balaban J connectivity index is 1.69. The summed E-state index contributed by atoms with van der Waals surface area (Å²) in [6.45, 7) is 3.12. The van der Waals surface area contributed by atoms with Gasteiger partial charge >= 0.3 is 6.03 Å². The van der Waals surface area contributed by atoms with Gasteiger partial charge < -0.3 is 19.7 Å². The van der Waals surface area contributed by atoms with E-state index in [2.05, 4.69) is 30.4 Å². The van der Waals surface area contributed by atoms with Crippen LogP contribution >= 0.6 is 0 Å². The molecule has 2 aromatic rings. The molecule has 0 bridgehead atoms. The molecule has 0 saturated heterocycles. The predicted molar refractivity (Wildman–Crippen MR) is 96.9 cm³/mol. The number of nitrogens with zero attached hydrogens (tertiary/aromatic N) is 1. The van der Waals surface area contributed by atoms with Crippen LogP contribution in [0.3, 0.4) is 0 Å². The number of methoxy groups -OCH3 is 2. The molecule has 0 radical (unpaired) electrons. The zero-order valence-electron chi connectivity index (χ0n) is 14.9. The standard InChI is InChI=1S/C20H24N2O3/c1-14-11-15-7-4-5-8-17(15)13-22(14)20(23)21-12-16-9-6-10-18(24-2)19(16)25-3/h4-10,14H,11-13H2,1-3H3,(H,21,23). The van der Waals surface area contributed by atoms with Gasteiger partial charge in [-0.25, -0.2) is 4.79 Å². The first-order valence-corrected chi connectivity index (χ1v) is 8.45. The van der Waals surface area contributed by atoms with Gasteiger partial charge in [0.05, 0.1) is 14.2 Å². The number of ether oxygens (including phenoxy) is 2. The van der Waals surface area contributed by atoms with Crippen LogP contribution < -0.4 is 14.8 Å². The Hall–Kier alpha value is -2.69. The molecular formula is C20H24N2O3. The van der Waals surface area contributed by atoms with E-state index in [-0.39, 0.29) is 12.1 Å². The Morgan fingerprint density at radius 3 is 2.60 bits per heavy atom. The first-order chi connectivity index (χ1) is 12.1. The molecule has 1 aliphatic rings. The highest BCUT2D eigenvalue weighted by atomic mass is 16.5. The third kappa shape index (κ3) is 3.55. The minimum Gasteiger partial charge on any atom is -0.493 e. The highest BCUT2D eigenvalue weighted by molar-refractivity contribution is 5.75. The quantitative estimate of drug-likeness (QED) is 0.928. The molecule has 1 N–H and O–H groups in total. The van der Waals surface area contributed by atoms with E-state index in [1.54, 1.807) is 14.2 Å². The summed E-state index contributed by atoms with van der Waals surface area (Å²) >= 11 is 0. The van der Waals surface area contributed by atoms with Crippen LogP contribution in [-0.2, 0) is 19.5 Å². The molecule has 2 aromatic carbocycles. The molecule has 1 aliphatic heterocycles. The molecule has 1 atom stereocenters. The van der Waals surface area contributed by atoms with Gasteiger partial charge in [-0.3, -0.25) is 0 Å². The van der Waals surface area contributed by atoms with Gasteiger partial charge in [0, 0.05) is 24.7 Å². The lowest BCUT2D eigenvalue weighted by Gasteiger charge is -2.35. The molecule has 0 aromatic heterocycles. The number of amides is 2. The van der Waals surface area contributed by atoms with Crippen molar-refractivity contribution in [3.63, 3.8) is 0 Å². The maximum absolute atomic E-state index is 12.7. The molecule has 2 amide bonds. The SMILES string of the molecule is COc1cccc(CNC(=O)N2Cc3ccccc3CC2C)c1OC. The summed E-state index contributed by atoms with van der Waals surface area (Å²) in [7, 11) is 3.21. The first kappa shape index (κ1) is 17.1. The number of carbonyl (C=O) groups is 1. The minimum absolute atomic E-state index is 0.0631. The molecule has 0 saturated carbocycles. The number of hydrogen-bond donors (Lipinski definition) is 1. The van der Waals surface area contributed by atoms with Crippen molar-refractivity contribution in [3.8, 4) is 11.5 Å². The Kier molecular flexibility index (Phi) is 5.12. The summed E-state index contributed by atoms with van der Waals surface area (Å²) < 4.78 is 10.7. The molecular weight excluding hydrogens is 316 g/mol. The Labute approximate surface area is 148 Å². The average molecular weight is 340 g/mol. The van der Waals surface area contributed by atoms with Gasteiger partial charge in [0.1, 0.15) is 0 Å². The van der Waals surface area contributed by atoms with E-state index in [9.17, 15) is 4.79 Å². The second-order valence-electron chi connectivity index (χ2n) is 6.26. The fourth-order valence-corrected chi connectivity index (χ4v) is 3.32. The third-order valence-corrected chi connectivity index (χ3v) is 4.68. The van der Waals surface area contributed by atoms with Crippen molar-refractivity contribution in [2.75, 3.05) is 14.2 Å². The number of carbonyl (C=O) groups excluding carboxylic acids is 1. The molecule has 1 unspecified atom stereocenters. The maximum atomic E-state index is 12.7. The molecule has 3 rings (SSSR count). The van der Waals surface area contributed by atoms with E-state index in [0.29, 0.717) is 24.6 Å². The van der Waals surface area contributed by atoms with Crippen molar-refractivity contribution in [2.45, 2.75) is 32.5 Å². The molecule has 5 nitrogen and oxygen atoms in total. The van der Waals surface area contributed by atoms with Gasteiger partial charge in [-0.15, -0.1) is 0 Å². The number of urea groups is 1. The van der Waals surface area contributed by atoms with Crippen LogP contribution in [0.4, 0.5) is 4.79 Å². The van der Waals surface area contributed by atoms with E-state index in [4.69, 9.17) is 9.47 Å². The van der Waals surface area contributed by atoms with Gasteiger partial charge in [-0.1, -0.05) is 36.4 Å². The van der Waals surface area contributed by atoms with Crippen LogP contribution in [0.25, 0.3) is 0 Å². The smallest absolute Gasteiger partial charge is 0.318 e. The number of benzene rings is 2. The molecule has 0 spiro atoms. The highest BCUT2D eigenvalue weighted by Gasteiger charge is 2.26. The number of nitrogens with one attached hydrogen (secondary N) is 1. The van der Waals surface area contributed by atoms with Crippen LogP contribution in [-0.4, -0.2) is 31.2 Å². The van der Waals surface area contributed by atoms with Gasteiger partial charge in [0.15, 0.2) is 11.5 Å². The van der Waals surface area contributed by atoms with Crippen LogP contribution in [0.2, 0.25) is 0 Å². The summed E-state index contributed by atoms with van der Waals surface area (Å²) in [6.07, 6.45) is 0.881. The van der Waals surface area contributed by atoms with Crippen LogP contribution in [0, 0.1) is 0 Å². The van der Waals surface area contributed by atoms with E-state index < -0.39 is 0 Å². The number of fused-ring (bicyclic) bond motifs is 1. The number of rotatable bonds is 4. The van der Waals surface area contributed by atoms with E-state index >= 15 is 0 Å². The summed E-state index contributed by atoms with van der Waals surface area (Å²) in [5, 5.41) is 3.01. The number of hydrogen-bond acceptors (Lipinski definition) is 3. The van der Waals surface area contributed by atoms with Crippen molar-refractivity contribution in [2.24, 2.45) is 0 Å². The molecule has 0 fully saturated rings. The minimum atomic E-state index is -0.0631. The fraction of sp³-hybridized carbons (Fsp3) is 0.350. The van der Waals surface area contributed by atoms with Crippen molar-refractivity contribution in [3.05, 3.63) is 59.2 Å². The monoisotopic (exact) mass is 340 g/mol. The second kappa shape index (κ2) is 7.47. The zero-order valence-corrected chi connectivity index (χ0v) is 14.9. The van der Waals surface area contributed by atoms with Crippen LogP contribution in [0.1, 0.15) is 23.6 Å². The van der Waals surface area contributed by atoms with Gasteiger partial charge in [0.25, 0.3) is 0 Å².